The van der Waals surface area contributed by atoms with Crippen molar-refractivity contribution in [3.8, 4) is 29.1 Å². The highest BCUT2D eigenvalue weighted by Crippen LogP contribution is 2.46. The van der Waals surface area contributed by atoms with Crippen LogP contribution in [-0.4, -0.2) is 13.1 Å². The number of carbonyl (C=O) groups is 1. The molecule has 1 aliphatic rings. The van der Waals surface area contributed by atoms with Gasteiger partial charge in [0.05, 0.1) is 23.1 Å². The zero-order chi connectivity index (χ0) is 31.8. The molecule has 0 spiro atoms. The Balaban J connectivity index is 1.29. The fourth-order valence-electron chi connectivity index (χ4n) is 4.99. The first-order valence-corrected chi connectivity index (χ1v) is 15.6. The summed E-state index contributed by atoms with van der Waals surface area (Å²) in [5.41, 5.74) is 8.59. The van der Waals surface area contributed by atoms with Crippen molar-refractivity contribution in [1.82, 2.24) is 0 Å². The molecular weight excluding hydrogens is 678 g/mol. The molecule has 0 bridgehead atoms. The molecule has 0 amide bonds. The van der Waals surface area contributed by atoms with Gasteiger partial charge >= 0.3 is 5.97 Å². The first-order valence-electron chi connectivity index (χ1n) is 13.2. The van der Waals surface area contributed by atoms with Gasteiger partial charge in [0, 0.05) is 37.3 Å². The lowest BCUT2D eigenvalue weighted by molar-refractivity contribution is 0.0740. The molecule has 1 atom stereocenters. The van der Waals surface area contributed by atoms with Gasteiger partial charge in [-0.2, -0.15) is 5.26 Å². The van der Waals surface area contributed by atoms with E-state index in [-0.39, 0.29) is 33.7 Å². The van der Waals surface area contributed by atoms with Crippen molar-refractivity contribution in [2.45, 2.75) is 12.5 Å². The fourth-order valence-corrected chi connectivity index (χ4v) is 7.43. The van der Waals surface area contributed by atoms with Crippen molar-refractivity contribution >= 4 is 73.8 Å². The van der Waals surface area contributed by atoms with Crippen LogP contribution in [0.15, 0.2) is 84.3 Å². The van der Waals surface area contributed by atoms with Crippen LogP contribution in [0, 0.1) is 11.3 Å². The van der Waals surface area contributed by atoms with Crippen molar-refractivity contribution in [3.63, 3.8) is 0 Å². The van der Waals surface area contributed by atoms with Crippen LogP contribution >= 0.6 is 57.7 Å². The molecule has 226 valence electrons. The van der Waals surface area contributed by atoms with E-state index in [9.17, 15) is 10.1 Å². The summed E-state index contributed by atoms with van der Waals surface area (Å²) < 4.78 is 23.8. The third-order valence-corrected chi connectivity index (χ3v) is 9.59. The van der Waals surface area contributed by atoms with Crippen molar-refractivity contribution in [2.24, 2.45) is 5.73 Å². The lowest BCUT2D eigenvalue weighted by Gasteiger charge is -2.27. The van der Waals surface area contributed by atoms with E-state index in [1.165, 1.54) is 13.2 Å². The number of hydrogen-bond donors (Lipinski definition) is 1. The molecule has 1 aromatic heterocycles. The summed E-state index contributed by atoms with van der Waals surface area (Å²) in [4.78, 5) is 13.3. The molecule has 1 aliphatic heterocycles. The van der Waals surface area contributed by atoms with Crippen LogP contribution in [0.25, 0.3) is 10.1 Å². The number of fused-ring (bicyclic) bond motifs is 2. The second-order valence-electron chi connectivity index (χ2n) is 9.81. The van der Waals surface area contributed by atoms with E-state index in [0.29, 0.717) is 53.5 Å². The molecule has 0 fully saturated rings. The Morgan fingerprint density at radius 3 is 2.56 bits per heavy atom. The van der Waals surface area contributed by atoms with E-state index in [1.807, 2.05) is 24.3 Å². The maximum atomic E-state index is 13.2. The molecular formula is C33H20Cl4N2O5S. The van der Waals surface area contributed by atoms with E-state index in [2.05, 4.69) is 6.07 Å². The smallest absolute Gasteiger partial charge is 0.355 e. The van der Waals surface area contributed by atoms with E-state index >= 15 is 0 Å². The minimum Gasteiger partial charge on any atom is -0.493 e. The molecule has 45 heavy (non-hydrogen) atoms. The largest absolute Gasteiger partial charge is 0.493 e. The van der Waals surface area contributed by atoms with E-state index in [4.69, 9.17) is 71.1 Å². The van der Waals surface area contributed by atoms with Crippen LogP contribution in [0.5, 0.6) is 23.0 Å². The third kappa shape index (κ3) is 5.98. The lowest BCUT2D eigenvalue weighted by Crippen LogP contribution is -2.21. The topological polar surface area (TPSA) is 104 Å². The predicted octanol–water partition coefficient (Wildman–Crippen LogP) is 9.54. The maximum absolute atomic E-state index is 13.2. The first-order chi connectivity index (χ1) is 21.7. The average molecular weight is 698 g/mol. The minimum atomic E-state index is -0.681. The summed E-state index contributed by atoms with van der Waals surface area (Å²) >= 11 is 26.3. The van der Waals surface area contributed by atoms with Crippen LogP contribution in [0.4, 0.5) is 0 Å². The summed E-state index contributed by atoms with van der Waals surface area (Å²) in [5.74, 6) is 0.0973. The highest BCUT2D eigenvalue weighted by atomic mass is 35.5. The number of nitrogens with zero attached hydrogens (tertiary/aromatic N) is 1. The first kappa shape index (κ1) is 30.9. The van der Waals surface area contributed by atoms with Crippen LogP contribution < -0.4 is 24.7 Å². The minimum absolute atomic E-state index is 0.0736. The number of rotatable bonds is 7. The molecule has 12 heteroatoms. The van der Waals surface area contributed by atoms with Gasteiger partial charge in [-0.3, -0.25) is 0 Å². The Hall–Kier alpha value is -4.10. The summed E-state index contributed by atoms with van der Waals surface area (Å²) in [6, 6.07) is 23.0. The molecule has 2 heterocycles. The number of thiophene rings is 1. The van der Waals surface area contributed by atoms with E-state index in [0.717, 1.165) is 16.9 Å². The number of methoxy groups -OCH3 is 1. The van der Waals surface area contributed by atoms with Crippen molar-refractivity contribution in [1.29, 1.82) is 5.26 Å². The second kappa shape index (κ2) is 12.7. The van der Waals surface area contributed by atoms with Crippen LogP contribution in [0.1, 0.15) is 32.3 Å². The molecule has 0 saturated carbocycles. The van der Waals surface area contributed by atoms with Gasteiger partial charge in [-0.25, -0.2) is 4.79 Å². The van der Waals surface area contributed by atoms with Crippen molar-refractivity contribution < 1.29 is 23.7 Å². The van der Waals surface area contributed by atoms with Gasteiger partial charge in [-0.15, -0.1) is 11.3 Å². The number of carbonyl (C=O) groups excluding carboxylic acids is 1. The third-order valence-electron chi connectivity index (χ3n) is 7.10. The zero-order valence-electron chi connectivity index (χ0n) is 23.2. The summed E-state index contributed by atoms with van der Waals surface area (Å²) in [7, 11) is 1.53. The Bertz CT molecular complexity index is 2070. The van der Waals surface area contributed by atoms with E-state index < -0.39 is 11.9 Å². The van der Waals surface area contributed by atoms with Gasteiger partial charge in [0.2, 0.25) is 5.88 Å². The van der Waals surface area contributed by atoms with Gasteiger partial charge < -0.3 is 24.7 Å². The number of nitriles is 1. The molecule has 0 saturated heterocycles. The number of hydrogen-bond acceptors (Lipinski definition) is 8. The normalized spacial score (nSPS) is 14.0. The number of esters is 1. The zero-order valence-corrected chi connectivity index (χ0v) is 27.0. The highest BCUT2D eigenvalue weighted by molar-refractivity contribution is 7.21. The number of nitrogens with two attached hydrogens (primary N) is 1. The van der Waals surface area contributed by atoms with Crippen molar-refractivity contribution in [3.05, 3.63) is 126 Å². The molecule has 5 aromatic rings. The Labute approximate surface area is 281 Å². The average Bonchev–Trinajstić information content (AvgIpc) is 3.36. The van der Waals surface area contributed by atoms with Gasteiger partial charge in [0.25, 0.3) is 0 Å². The number of ether oxygens (including phenoxy) is 4. The Morgan fingerprint density at radius 1 is 1.00 bits per heavy atom. The SMILES string of the molecule is COc1cc(C2C(C#N)=C(N)Oc3cc(OC(=O)c4sc5cc(Cl)cc(Cl)c5c4Cl)ccc32)ccc1OCc1ccccc1Cl. The lowest BCUT2D eigenvalue weighted by atomic mass is 9.83. The molecule has 0 radical (unpaired) electrons. The molecule has 6 rings (SSSR count). The van der Waals surface area contributed by atoms with Gasteiger partial charge in [0.1, 0.15) is 34.6 Å². The molecule has 7 nitrogen and oxygen atoms in total. The predicted molar refractivity (Wildman–Crippen MR) is 176 cm³/mol. The van der Waals surface area contributed by atoms with Gasteiger partial charge in [-0.1, -0.05) is 76.7 Å². The van der Waals surface area contributed by atoms with Crippen LogP contribution in [-0.2, 0) is 6.61 Å². The van der Waals surface area contributed by atoms with Gasteiger partial charge in [-0.05, 0) is 42.0 Å². The van der Waals surface area contributed by atoms with Crippen LogP contribution in [0.3, 0.4) is 0 Å². The summed E-state index contributed by atoms with van der Waals surface area (Å²) in [5, 5.41) is 12.1. The quantitative estimate of drug-likeness (QED) is 0.133. The van der Waals surface area contributed by atoms with E-state index in [1.54, 1.807) is 42.5 Å². The van der Waals surface area contributed by atoms with Gasteiger partial charge in [0.15, 0.2) is 11.5 Å². The fraction of sp³-hybridized carbons (Fsp3) is 0.0909. The summed E-state index contributed by atoms with van der Waals surface area (Å²) in [6.45, 7) is 0.237. The molecule has 0 aliphatic carbocycles. The molecule has 4 aromatic carbocycles. The summed E-state index contributed by atoms with van der Waals surface area (Å²) in [6.07, 6.45) is 0. The number of allylic oxidation sites excluding steroid dienone is 1. The van der Waals surface area contributed by atoms with Crippen molar-refractivity contribution in [2.75, 3.05) is 7.11 Å². The monoisotopic (exact) mass is 696 g/mol. The van der Waals surface area contributed by atoms with Crippen LogP contribution in [0.2, 0.25) is 20.1 Å². The maximum Gasteiger partial charge on any atom is 0.355 e. The molecule has 1 unspecified atom stereocenters. The molecule has 2 N–H and O–H groups in total. The highest BCUT2D eigenvalue weighted by Gasteiger charge is 2.32. The number of halogens is 4. The Kier molecular flexibility index (Phi) is 8.74. The Morgan fingerprint density at radius 2 is 1.80 bits per heavy atom. The second-order valence-corrected chi connectivity index (χ2v) is 12.5. The standard InChI is InChI=1S/C33H20Cl4N2O5S/c1-41-26-10-16(6-9-24(26)42-15-17-4-2-3-5-22(17)35)28-20-8-7-19(13-25(20)44-32(39)21(28)14-38)43-33(40)31-30(37)29-23(36)11-18(34)12-27(29)45-31/h2-13,28H,15,39H2,1H3. The number of benzene rings is 4.